The highest BCUT2D eigenvalue weighted by Gasteiger charge is 2.30. The van der Waals surface area contributed by atoms with Gasteiger partial charge in [0.15, 0.2) is 0 Å². The van der Waals surface area contributed by atoms with Crippen LogP contribution in [0.3, 0.4) is 0 Å². The quantitative estimate of drug-likeness (QED) is 0.293. The Hall–Kier alpha value is -3.52. The number of nitrogens with one attached hydrogen (secondary N) is 1. The number of alkyl halides is 3. The third-order valence-corrected chi connectivity index (χ3v) is 4.36. The maximum absolute atomic E-state index is 12.5. The second kappa shape index (κ2) is 16.2. The minimum absolute atomic E-state index is 0.291. The van der Waals surface area contributed by atoms with E-state index in [1.54, 1.807) is 24.3 Å². The lowest BCUT2D eigenvalue weighted by atomic mass is 10.1. The van der Waals surface area contributed by atoms with Crippen LogP contribution in [-0.4, -0.2) is 13.3 Å². The van der Waals surface area contributed by atoms with E-state index >= 15 is 0 Å². The van der Waals surface area contributed by atoms with Crippen LogP contribution in [-0.2, 0) is 6.18 Å². The molecule has 35 heavy (non-hydrogen) atoms. The number of aryl methyl sites for hydroxylation is 1. The molecule has 3 aromatic carbocycles. The minimum atomic E-state index is -4.37. The number of halogens is 3. The van der Waals surface area contributed by atoms with E-state index in [4.69, 9.17) is 0 Å². The summed E-state index contributed by atoms with van der Waals surface area (Å²) in [5.41, 5.74) is 3.22. The first-order valence-corrected chi connectivity index (χ1v) is 11.7. The molecule has 0 saturated heterocycles. The van der Waals surface area contributed by atoms with Gasteiger partial charge < -0.3 is 5.32 Å². The van der Waals surface area contributed by atoms with Crippen molar-refractivity contribution in [3.63, 3.8) is 0 Å². The predicted octanol–water partition coefficient (Wildman–Crippen LogP) is 8.54. The molecule has 4 rings (SSSR count). The first-order chi connectivity index (χ1) is 16.7. The standard InChI is InChI=1S/C16H9F3O.C8H11N.C3H6.C3H8/c17-16(18,19)15-3-1-2-13(10-15)7-4-12-5-8-14(11-20)9-6-12;1-7-5-3-4-6-8(7)9-2;1-2-3-1;1-3-2/h1-3,5-6,8-11H;3-6,9H,1-2H3;1-3H2;3H2,1-2H3. The van der Waals surface area contributed by atoms with E-state index in [-0.39, 0.29) is 0 Å². The van der Waals surface area contributed by atoms with Crippen molar-refractivity contribution >= 4 is 12.0 Å². The van der Waals surface area contributed by atoms with Crippen molar-refractivity contribution in [3.8, 4) is 11.8 Å². The Bertz CT molecular complexity index is 1070. The van der Waals surface area contributed by atoms with Gasteiger partial charge in [0.05, 0.1) is 5.56 Å². The minimum Gasteiger partial charge on any atom is -0.388 e. The zero-order valence-electron chi connectivity index (χ0n) is 20.9. The first kappa shape index (κ1) is 29.5. The second-order valence-electron chi connectivity index (χ2n) is 7.90. The Balaban J connectivity index is 0.000000333. The summed E-state index contributed by atoms with van der Waals surface area (Å²) in [6, 6.07) is 19.6. The molecule has 0 bridgehead atoms. The van der Waals surface area contributed by atoms with Crippen LogP contribution in [0.2, 0.25) is 0 Å². The Morgan fingerprint density at radius 1 is 0.857 bits per heavy atom. The number of benzene rings is 3. The molecular formula is C30H34F3NO. The van der Waals surface area contributed by atoms with Crippen LogP contribution in [0.5, 0.6) is 0 Å². The maximum Gasteiger partial charge on any atom is 0.416 e. The molecule has 1 saturated carbocycles. The predicted molar refractivity (Wildman–Crippen MR) is 140 cm³/mol. The van der Waals surface area contributed by atoms with Gasteiger partial charge in [0.2, 0.25) is 0 Å². The molecule has 2 nitrogen and oxygen atoms in total. The van der Waals surface area contributed by atoms with Gasteiger partial charge in [-0.15, -0.1) is 0 Å². The number of para-hydroxylation sites is 1. The average Bonchev–Trinajstić information content (AvgIpc) is 3.74. The number of rotatable bonds is 2. The van der Waals surface area contributed by atoms with Crippen LogP contribution in [0.25, 0.3) is 0 Å². The molecule has 1 fully saturated rings. The Morgan fingerprint density at radius 2 is 1.43 bits per heavy atom. The molecule has 1 aliphatic carbocycles. The Morgan fingerprint density at radius 3 is 1.89 bits per heavy atom. The monoisotopic (exact) mass is 481 g/mol. The molecule has 0 heterocycles. The van der Waals surface area contributed by atoms with Crippen LogP contribution in [0.1, 0.15) is 72.1 Å². The summed E-state index contributed by atoms with van der Waals surface area (Å²) in [6.45, 7) is 6.34. The molecule has 0 aromatic heterocycles. The van der Waals surface area contributed by atoms with E-state index in [9.17, 15) is 18.0 Å². The molecule has 3 aromatic rings. The third-order valence-electron chi connectivity index (χ3n) is 4.36. The Kier molecular flexibility index (Phi) is 13.6. The lowest BCUT2D eigenvalue weighted by Crippen LogP contribution is -2.04. The molecule has 0 unspecified atom stereocenters. The topological polar surface area (TPSA) is 29.1 Å². The number of anilines is 1. The molecule has 1 N–H and O–H groups in total. The molecule has 0 atom stereocenters. The molecule has 0 aliphatic heterocycles. The number of carbonyl (C=O) groups is 1. The van der Waals surface area contributed by atoms with Gasteiger partial charge in [-0.25, -0.2) is 0 Å². The number of carbonyl (C=O) groups excluding carboxylic acids is 1. The van der Waals surface area contributed by atoms with Gasteiger partial charge in [-0.05, 0) is 48.9 Å². The largest absolute Gasteiger partial charge is 0.416 e. The van der Waals surface area contributed by atoms with E-state index in [0.29, 0.717) is 23.0 Å². The molecule has 0 spiro atoms. The third kappa shape index (κ3) is 13.1. The van der Waals surface area contributed by atoms with E-state index in [1.165, 1.54) is 49.1 Å². The second-order valence-corrected chi connectivity index (χ2v) is 7.90. The highest BCUT2D eigenvalue weighted by atomic mass is 19.4. The van der Waals surface area contributed by atoms with Crippen molar-refractivity contribution in [1.82, 2.24) is 0 Å². The maximum atomic E-state index is 12.5. The molecule has 0 radical (unpaired) electrons. The van der Waals surface area contributed by atoms with Crippen molar-refractivity contribution in [2.75, 3.05) is 12.4 Å². The summed E-state index contributed by atoms with van der Waals surface area (Å²) < 4.78 is 37.6. The van der Waals surface area contributed by atoms with Gasteiger partial charge in [0, 0.05) is 29.4 Å². The highest BCUT2D eigenvalue weighted by molar-refractivity contribution is 5.74. The SMILES string of the molecule is C1CC1.CCC.CNc1ccccc1C.O=Cc1ccc(C#Cc2cccc(C(F)(F)F)c2)cc1. The van der Waals surface area contributed by atoms with Crippen LogP contribution < -0.4 is 5.32 Å². The van der Waals surface area contributed by atoms with Crippen molar-refractivity contribution in [1.29, 1.82) is 0 Å². The van der Waals surface area contributed by atoms with Crippen LogP contribution >= 0.6 is 0 Å². The van der Waals surface area contributed by atoms with Crippen LogP contribution in [0.4, 0.5) is 18.9 Å². The Labute approximate surface area is 207 Å². The van der Waals surface area contributed by atoms with Gasteiger partial charge in [-0.1, -0.05) is 87.8 Å². The summed E-state index contributed by atoms with van der Waals surface area (Å²) in [5, 5.41) is 3.10. The number of aldehydes is 1. The number of hydrogen-bond acceptors (Lipinski definition) is 2. The van der Waals surface area contributed by atoms with Crippen molar-refractivity contribution in [2.24, 2.45) is 0 Å². The van der Waals surface area contributed by atoms with E-state index < -0.39 is 11.7 Å². The first-order valence-electron chi connectivity index (χ1n) is 11.7. The van der Waals surface area contributed by atoms with E-state index in [0.717, 1.165) is 12.1 Å². The molecule has 0 amide bonds. The van der Waals surface area contributed by atoms with Crippen LogP contribution in [0.15, 0.2) is 72.8 Å². The average molecular weight is 482 g/mol. The molecule has 5 heteroatoms. The molecule has 186 valence electrons. The molecule has 1 aliphatic rings. The highest BCUT2D eigenvalue weighted by Crippen LogP contribution is 2.29. The number of hydrogen-bond donors (Lipinski definition) is 1. The van der Waals surface area contributed by atoms with Gasteiger partial charge in [-0.2, -0.15) is 13.2 Å². The van der Waals surface area contributed by atoms with E-state index in [2.05, 4.69) is 50.1 Å². The van der Waals surface area contributed by atoms with Gasteiger partial charge in [0.25, 0.3) is 0 Å². The molecular weight excluding hydrogens is 447 g/mol. The van der Waals surface area contributed by atoms with Crippen LogP contribution in [0, 0.1) is 18.8 Å². The summed E-state index contributed by atoms with van der Waals surface area (Å²) in [6.07, 6.45) is 2.09. The lowest BCUT2D eigenvalue weighted by molar-refractivity contribution is -0.137. The van der Waals surface area contributed by atoms with Gasteiger partial charge in [-0.3, -0.25) is 4.79 Å². The summed E-state index contributed by atoms with van der Waals surface area (Å²) >= 11 is 0. The summed E-state index contributed by atoms with van der Waals surface area (Å²) in [7, 11) is 1.93. The fourth-order valence-corrected chi connectivity index (χ4v) is 2.42. The van der Waals surface area contributed by atoms with Gasteiger partial charge in [0.1, 0.15) is 6.29 Å². The summed E-state index contributed by atoms with van der Waals surface area (Å²) in [5.74, 6) is 5.43. The van der Waals surface area contributed by atoms with Crippen molar-refractivity contribution in [2.45, 2.75) is 52.6 Å². The zero-order chi connectivity index (χ0) is 26.1. The fourth-order valence-electron chi connectivity index (χ4n) is 2.42. The van der Waals surface area contributed by atoms with Gasteiger partial charge >= 0.3 is 6.18 Å². The van der Waals surface area contributed by atoms with E-state index in [1.807, 2.05) is 19.2 Å². The van der Waals surface area contributed by atoms with Crippen molar-refractivity contribution < 1.29 is 18.0 Å². The summed E-state index contributed by atoms with van der Waals surface area (Å²) in [4.78, 5) is 10.5. The normalized spacial score (nSPS) is 10.9. The smallest absolute Gasteiger partial charge is 0.388 e. The lowest BCUT2D eigenvalue weighted by Gasteiger charge is -2.05. The zero-order valence-corrected chi connectivity index (χ0v) is 20.9. The fraction of sp³-hybridized carbons (Fsp3) is 0.300. The van der Waals surface area contributed by atoms with Crippen molar-refractivity contribution in [3.05, 3.63) is 101 Å².